The third-order valence-electron chi connectivity index (χ3n) is 3.05. The molecule has 0 spiro atoms. The van der Waals surface area contributed by atoms with Crippen molar-refractivity contribution in [2.24, 2.45) is 11.1 Å². The van der Waals surface area contributed by atoms with Gasteiger partial charge in [-0.3, -0.25) is 4.90 Å². The van der Waals surface area contributed by atoms with E-state index >= 15 is 0 Å². The van der Waals surface area contributed by atoms with Gasteiger partial charge in [-0.2, -0.15) is 0 Å². The number of nitrogens with two attached hydrogens (primary N) is 1. The Morgan fingerprint density at radius 1 is 1.39 bits per heavy atom. The highest BCUT2D eigenvalue weighted by Gasteiger charge is 2.20. The molecule has 0 saturated heterocycles. The molecule has 1 aromatic rings. The van der Waals surface area contributed by atoms with E-state index in [1.165, 1.54) is 6.07 Å². The lowest BCUT2D eigenvalue weighted by atomic mass is 9.93. The van der Waals surface area contributed by atoms with E-state index in [4.69, 9.17) is 17.3 Å². The second-order valence-corrected chi connectivity index (χ2v) is 5.84. The van der Waals surface area contributed by atoms with Crippen molar-refractivity contribution in [3.63, 3.8) is 0 Å². The molecular formula is C14H22ClFN2. The van der Waals surface area contributed by atoms with Crippen LogP contribution >= 0.6 is 11.6 Å². The Morgan fingerprint density at radius 2 is 2.06 bits per heavy atom. The molecule has 0 aliphatic heterocycles. The van der Waals surface area contributed by atoms with Crippen LogP contribution in [-0.2, 0) is 6.54 Å². The first-order chi connectivity index (χ1) is 8.38. The minimum atomic E-state index is -0.205. The van der Waals surface area contributed by atoms with Gasteiger partial charge in [0.25, 0.3) is 0 Å². The molecular weight excluding hydrogens is 251 g/mol. The van der Waals surface area contributed by atoms with Gasteiger partial charge in [-0.25, -0.2) is 4.39 Å². The first-order valence-corrected chi connectivity index (χ1v) is 6.62. The van der Waals surface area contributed by atoms with Crippen molar-refractivity contribution >= 4 is 11.6 Å². The molecule has 0 heterocycles. The number of hydrogen-bond donors (Lipinski definition) is 1. The van der Waals surface area contributed by atoms with Crippen LogP contribution in [0.4, 0.5) is 4.39 Å². The number of hydrogen-bond acceptors (Lipinski definition) is 2. The zero-order chi connectivity index (χ0) is 13.8. The summed E-state index contributed by atoms with van der Waals surface area (Å²) in [6, 6.07) is 4.68. The fourth-order valence-electron chi connectivity index (χ4n) is 1.85. The highest BCUT2D eigenvalue weighted by Crippen LogP contribution is 2.20. The van der Waals surface area contributed by atoms with E-state index in [2.05, 4.69) is 25.7 Å². The maximum absolute atomic E-state index is 13.7. The van der Waals surface area contributed by atoms with E-state index in [9.17, 15) is 4.39 Å². The van der Waals surface area contributed by atoms with Gasteiger partial charge >= 0.3 is 0 Å². The molecule has 2 nitrogen and oxygen atoms in total. The molecule has 0 aliphatic carbocycles. The highest BCUT2D eigenvalue weighted by atomic mass is 35.5. The predicted octanol–water partition coefficient (Wildman–Crippen LogP) is 3.29. The smallest absolute Gasteiger partial charge is 0.127 e. The SMILES string of the molecule is CCN(Cc1cc(Cl)ccc1F)CC(C)(C)CN. The Labute approximate surface area is 114 Å². The molecule has 102 valence electrons. The van der Waals surface area contributed by atoms with Gasteiger partial charge in [0.05, 0.1) is 0 Å². The first-order valence-electron chi connectivity index (χ1n) is 6.24. The van der Waals surface area contributed by atoms with Crippen molar-refractivity contribution in [1.82, 2.24) is 4.90 Å². The summed E-state index contributed by atoms with van der Waals surface area (Å²) >= 11 is 5.90. The summed E-state index contributed by atoms with van der Waals surface area (Å²) in [6.07, 6.45) is 0. The Kier molecular flexibility index (Phi) is 5.57. The lowest BCUT2D eigenvalue weighted by molar-refractivity contribution is 0.182. The molecule has 0 radical (unpaired) electrons. The fraction of sp³-hybridized carbons (Fsp3) is 0.571. The Bertz CT molecular complexity index is 393. The summed E-state index contributed by atoms with van der Waals surface area (Å²) in [5.41, 5.74) is 6.40. The molecule has 2 N–H and O–H groups in total. The zero-order valence-corrected chi connectivity index (χ0v) is 12.1. The summed E-state index contributed by atoms with van der Waals surface area (Å²) in [5, 5.41) is 0.570. The van der Waals surface area contributed by atoms with Crippen LogP contribution in [0.25, 0.3) is 0 Å². The Balaban J connectivity index is 2.77. The molecule has 0 aromatic heterocycles. The van der Waals surface area contributed by atoms with Crippen molar-refractivity contribution in [1.29, 1.82) is 0 Å². The van der Waals surface area contributed by atoms with E-state index in [0.29, 0.717) is 23.7 Å². The van der Waals surface area contributed by atoms with Gasteiger partial charge in [-0.1, -0.05) is 32.4 Å². The number of halogens is 2. The first kappa shape index (κ1) is 15.4. The largest absolute Gasteiger partial charge is 0.330 e. The van der Waals surface area contributed by atoms with Gasteiger partial charge in [0.2, 0.25) is 0 Å². The summed E-state index contributed by atoms with van der Waals surface area (Å²) in [6.45, 7) is 9.16. The van der Waals surface area contributed by atoms with Gasteiger partial charge in [0, 0.05) is 23.7 Å². The standard InChI is InChI=1S/C14H22ClFN2/c1-4-18(10-14(2,3)9-17)8-11-7-12(15)5-6-13(11)16/h5-7H,4,8-10,17H2,1-3H3. The van der Waals surface area contributed by atoms with Crippen molar-refractivity contribution in [3.05, 3.63) is 34.6 Å². The third kappa shape index (κ3) is 4.56. The van der Waals surface area contributed by atoms with Gasteiger partial charge in [-0.15, -0.1) is 0 Å². The molecule has 0 fully saturated rings. The van der Waals surface area contributed by atoms with Gasteiger partial charge in [0.15, 0.2) is 0 Å². The zero-order valence-electron chi connectivity index (χ0n) is 11.3. The van der Waals surface area contributed by atoms with Crippen LogP contribution in [0.15, 0.2) is 18.2 Å². The van der Waals surface area contributed by atoms with Crippen LogP contribution in [0.5, 0.6) is 0 Å². The van der Waals surface area contributed by atoms with Gasteiger partial charge < -0.3 is 5.73 Å². The molecule has 0 bridgehead atoms. The van der Waals surface area contributed by atoms with Crippen LogP contribution in [0.2, 0.25) is 5.02 Å². The molecule has 1 rings (SSSR count). The number of benzene rings is 1. The summed E-state index contributed by atoms with van der Waals surface area (Å²) < 4.78 is 13.7. The molecule has 0 aliphatic rings. The van der Waals surface area contributed by atoms with E-state index in [0.717, 1.165) is 13.1 Å². The lowest BCUT2D eigenvalue weighted by Crippen LogP contribution is -2.38. The highest BCUT2D eigenvalue weighted by molar-refractivity contribution is 6.30. The fourth-order valence-corrected chi connectivity index (χ4v) is 2.05. The van der Waals surface area contributed by atoms with E-state index < -0.39 is 0 Å². The van der Waals surface area contributed by atoms with Crippen molar-refractivity contribution in [2.45, 2.75) is 27.3 Å². The molecule has 4 heteroatoms. The van der Waals surface area contributed by atoms with Gasteiger partial charge in [-0.05, 0) is 36.7 Å². The number of nitrogens with zero attached hydrogens (tertiary/aromatic N) is 1. The summed E-state index contributed by atoms with van der Waals surface area (Å²) in [4.78, 5) is 2.18. The van der Waals surface area contributed by atoms with Crippen molar-refractivity contribution < 1.29 is 4.39 Å². The molecule has 0 unspecified atom stereocenters. The summed E-state index contributed by atoms with van der Waals surface area (Å²) in [7, 11) is 0. The quantitative estimate of drug-likeness (QED) is 0.861. The van der Waals surface area contributed by atoms with E-state index in [1.807, 2.05) is 0 Å². The normalized spacial score (nSPS) is 12.2. The Hall–Kier alpha value is -0.640. The van der Waals surface area contributed by atoms with E-state index in [1.54, 1.807) is 12.1 Å². The predicted molar refractivity (Wildman–Crippen MR) is 75.2 cm³/mol. The van der Waals surface area contributed by atoms with Crippen LogP contribution in [-0.4, -0.2) is 24.5 Å². The molecule has 18 heavy (non-hydrogen) atoms. The lowest BCUT2D eigenvalue weighted by Gasteiger charge is -2.31. The van der Waals surface area contributed by atoms with Crippen LogP contribution in [0.1, 0.15) is 26.3 Å². The third-order valence-corrected chi connectivity index (χ3v) is 3.29. The van der Waals surface area contributed by atoms with Crippen molar-refractivity contribution in [3.8, 4) is 0 Å². The molecule has 0 saturated carbocycles. The van der Waals surface area contributed by atoms with E-state index in [-0.39, 0.29) is 11.2 Å². The minimum absolute atomic E-state index is 0.0328. The maximum atomic E-state index is 13.7. The summed E-state index contributed by atoms with van der Waals surface area (Å²) in [5.74, 6) is -0.205. The second-order valence-electron chi connectivity index (χ2n) is 5.41. The monoisotopic (exact) mass is 272 g/mol. The minimum Gasteiger partial charge on any atom is -0.330 e. The maximum Gasteiger partial charge on any atom is 0.127 e. The number of rotatable bonds is 6. The topological polar surface area (TPSA) is 29.3 Å². The molecule has 0 amide bonds. The van der Waals surface area contributed by atoms with Crippen LogP contribution in [0, 0.1) is 11.2 Å². The van der Waals surface area contributed by atoms with Crippen LogP contribution < -0.4 is 5.73 Å². The average molecular weight is 273 g/mol. The Morgan fingerprint density at radius 3 is 2.61 bits per heavy atom. The molecule has 1 aromatic carbocycles. The molecule has 0 atom stereocenters. The van der Waals surface area contributed by atoms with Crippen LogP contribution in [0.3, 0.4) is 0 Å². The average Bonchev–Trinajstić information content (AvgIpc) is 2.32. The second kappa shape index (κ2) is 6.50. The van der Waals surface area contributed by atoms with Gasteiger partial charge in [0.1, 0.15) is 5.82 Å². The van der Waals surface area contributed by atoms with Crippen molar-refractivity contribution in [2.75, 3.05) is 19.6 Å².